The van der Waals surface area contributed by atoms with Crippen molar-refractivity contribution in [3.63, 3.8) is 0 Å². The summed E-state index contributed by atoms with van der Waals surface area (Å²) in [6.45, 7) is 1.73. The number of hydrogen-bond donors (Lipinski definition) is 0. The third kappa shape index (κ3) is 5.55. The van der Waals surface area contributed by atoms with Crippen molar-refractivity contribution in [2.75, 3.05) is 0 Å². The molecule has 2 aromatic carbocycles. The predicted molar refractivity (Wildman–Crippen MR) is 110 cm³/mol. The quantitative estimate of drug-likeness (QED) is 0.354. The van der Waals surface area contributed by atoms with Crippen molar-refractivity contribution in [1.29, 1.82) is 0 Å². The summed E-state index contributed by atoms with van der Waals surface area (Å²) in [6.07, 6.45) is -0.484. The second kappa shape index (κ2) is 9.28. The number of carboxylic acid groups (broad SMARTS) is 1. The number of carboxylic acids is 1. The van der Waals surface area contributed by atoms with E-state index in [4.69, 9.17) is 16.3 Å². The van der Waals surface area contributed by atoms with Crippen LogP contribution in [0.4, 0.5) is 13.2 Å². The van der Waals surface area contributed by atoms with E-state index < -0.39 is 44.8 Å². The smallest absolute Gasteiger partial charge is 0.534 e. The van der Waals surface area contributed by atoms with Gasteiger partial charge in [0, 0.05) is 5.56 Å². The molecule has 0 saturated carbocycles. The van der Waals surface area contributed by atoms with Crippen LogP contribution in [0.15, 0.2) is 60.7 Å². The first-order valence-electron chi connectivity index (χ1n) is 9.13. The molecule has 0 aliphatic rings. The first-order chi connectivity index (χ1) is 15.4. The van der Waals surface area contributed by atoms with E-state index in [0.717, 1.165) is 17.7 Å². The van der Waals surface area contributed by atoms with Crippen LogP contribution in [0.2, 0.25) is 5.02 Å². The normalized spacial score (nSPS) is 12.8. The Balaban J connectivity index is 2.06. The molecule has 3 rings (SSSR count). The Bertz CT molecular complexity index is 1280. The van der Waals surface area contributed by atoms with E-state index in [-0.39, 0.29) is 16.3 Å². The van der Waals surface area contributed by atoms with Gasteiger partial charge in [0.05, 0.1) is 16.7 Å². The summed E-state index contributed by atoms with van der Waals surface area (Å²) in [5, 5.41) is 11.3. The molecule has 12 heteroatoms. The molecule has 33 heavy (non-hydrogen) atoms. The first-order valence-corrected chi connectivity index (χ1v) is 10.9. The molecule has 0 spiro atoms. The molecule has 1 aromatic heterocycles. The van der Waals surface area contributed by atoms with Crippen molar-refractivity contribution in [3.05, 3.63) is 76.9 Å². The van der Waals surface area contributed by atoms with Crippen LogP contribution >= 0.6 is 11.6 Å². The molecule has 0 radical (unpaired) electrons. The second-order valence-electron chi connectivity index (χ2n) is 6.63. The lowest BCUT2D eigenvalue weighted by molar-refractivity contribution is -0.255. The van der Waals surface area contributed by atoms with Crippen LogP contribution in [0.1, 0.15) is 29.1 Å². The van der Waals surface area contributed by atoms with E-state index in [1.165, 1.54) is 18.2 Å². The van der Waals surface area contributed by atoms with Crippen LogP contribution in [0.5, 0.6) is 11.5 Å². The zero-order chi connectivity index (χ0) is 24.4. The Labute approximate surface area is 191 Å². The number of alkyl halides is 3. The lowest BCUT2D eigenvalue weighted by Gasteiger charge is -2.18. The van der Waals surface area contributed by atoms with E-state index in [1.807, 2.05) is 6.07 Å². The molecular formula is C21H14ClF3NO6S-. The summed E-state index contributed by atoms with van der Waals surface area (Å²) >= 11 is 6.18. The largest absolute Gasteiger partial charge is 0.543 e. The van der Waals surface area contributed by atoms with Crippen LogP contribution in [0.25, 0.3) is 11.3 Å². The highest BCUT2D eigenvalue weighted by Gasteiger charge is 2.49. The van der Waals surface area contributed by atoms with Crippen molar-refractivity contribution in [2.24, 2.45) is 0 Å². The molecule has 0 aliphatic carbocycles. The van der Waals surface area contributed by atoms with Gasteiger partial charge in [-0.05, 0) is 36.8 Å². The molecule has 0 N–H and O–H groups in total. The maximum absolute atomic E-state index is 12.8. The molecule has 174 valence electrons. The van der Waals surface area contributed by atoms with Gasteiger partial charge in [-0.25, -0.2) is 4.98 Å². The van der Waals surface area contributed by atoms with Crippen LogP contribution in [0, 0.1) is 0 Å². The minimum atomic E-state index is -6.05. The number of aromatic carboxylic acids is 1. The van der Waals surface area contributed by atoms with Gasteiger partial charge in [0.1, 0.15) is 17.5 Å². The standard InChI is InChI=1S/C21H15ClF3NO6S/c1-12(13-5-3-2-4-6-13)31-18-11-14(7-8-15(18)22)19-17(10-9-16(26-19)20(27)28)32-33(29,30)21(23,24)25/h2-12H,1H3,(H,27,28)/p-1. The number of carbonyl (C=O) groups excluding carboxylic acids is 1. The summed E-state index contributed by atoms with van der Waals surface area (Å²) in [6, 6.07) is 14.4. The molecule has 0 aliphatic heterocycles. The Morgan fingerprint density at radius 1 is 1.06 bits per heavy atom. The molecule has 0 fully saturated rings. The minimum Gasteiger partial charge on any atom is -0.543 e. The molecule has 0 saturated heterocycles. The topological polar surface area (TPSA) is 106 Å². The van der Waals surface area contributed by atoms with Gasteiger partial charge >= 0.3 is 15.6 Å². The SMILES string of the molecule is CC(Oc1cc(-c2nc(C(=O)[O-])ccc2OS(=O)(=O)C(F)(F)F)ccc1Cl)c1ccccc1. The summed E-state index contributed by atoms with van der Waals surface area (Å²) < 4.78 is 71.5. The average Bonchev–Trinajstić information content (AvgIpc) is 2.75. The highest BCUT2D eigenvalue weighted by Crippen LogP contribution is 2.38. The van der Waals surface area contributed by atoms with Gasteiger partial charge in [-0.1, -0.05) is 48.0 Å². The van der Waals surface area contributed by atoms with Gasteiger partial charge in [0.15, 0.2) is 5.75 Å². The lowest BCUT2D eigenvalue weighted by Crippen LogP contribution is -2.28. The Morgan fingerprint density at radius 2 is 1.73 bits per heavy atom. The Kier molecular flexibility index (Phi) is 6.84. The number of pyridine rings is 1. The van der Waals surface area contributed by atoms with E-state index in [2.05, 4.69) is 9.17 Å². The number of nitrogens with zero attached hydrogens (tertiary/aromatic N) is 1. The lowest BCUT2D eigenvalue weighted by atomic mass is 10.1. The number of ether oxygens (including phenoxy) is 1. The number of hydrogen-bond acceptors (Lipinski definition) is 7. The maximum Gasteiger partial charge on any atom is 0.534 e. The van der Waals surface area contributed by atoms with Crippen LogP contribution in [-0.4, -0.2) is 24.9 Å². The highest BCUT2D eigenvalue weighted by molar-refractivity contribution is 7.88. The van der Waals surface area contributed by atoms with Crippen molar-refractivity contribution in [1.82, 2.24) is 4.98 Å². The molecule has 0 amide bonds. The average molecular weight is 501 g/mol. The van der Waals surface area contributed by atoms with Crippen LogP contribution in [0.3, 0.4) is 0 Å². The van der Waals surface area contributed by atoms with Gasteiger partial charge in [-0.3, -0.25) is 0 Å². The fourth-order valence-electron chi connectivity index (χ4n) is 2.72. The molecule has 0 bridgehead atoms. The predicted octanol–water partition coefficient (Wildman–Crippen LogP) is 4.13. The summed E-state index contributed by atoms with van der Waals surface area (Å²) in [5.41, 5.74) is -6.08. The zero-order valence-corrected chi connectivity index (χ0v) is 18.2. The maximum atomic E-state index is 12.8. The zero-order valence-electron chi connectivity index (χ0n) is 16.7. The summed E-state index contributed by atoms with van der Waals surface area (Å²) in [5.74, 6) is -2.48. The number of carbonyl (C=O) groups is 1. The number of aromatic nitrogens is 1. The number of halogens is 4. The molecular weight excluding hydrogens is 487 g/mol. The third-order valence-electron chi connectivity index (χ3n) is 4.33. The third-order valence-corrected chi connectivity index (χ3v) is 5.61. The van der Waals surface area contributed by atoms with Crippen molar-refractivity contribution in [3.8, 4) is 22.8 Å². The van der Waals surface area contributed by atoms with E-state index >= 15 is 0 Å². The minimum absolute atomic E-state index is 0.00913. The van der Waals surface area contributed by atoms with Crippen molar-refractivity contribution >= 4 is 27.7 Å². The molecule has 1 unspecified atom stereocenters. The Morgan fingerprint density at radius 3 is 2.33 bits per heavy atom. The first kappa shape index (κ1) is 24.3. The number of rotatable bonds is 7. The van der Waals surface area contributed by atoms with Gasteiger partial charge in [0.2, 0.25) is 0 Å². The summed E-state index contributed by atoms with van der Waals surface area (Å²) in [4.78, 5) is 14.9. The van der Waals surface area contributed by atoms with E-state index in [1.54, 1.807) is 31.2 Å². The van der Waals surface area contributed by atoms with Crippen LogP contribution in [-0.2, 0) is 10.1 Å². The van der Waals surface area contributed by atoms with Gasteiger partial charge in [0.25, 0.3) is 0 Å². The molecule has 1 heterocycles. The van der Waals surface area contributed by atoms with Crippen molar-refractivity contribution in [2.45, 2.75) is 18.5 Å². The molecule has 1 atom stereocenters. The fourth-order valence-corrected chi connectivity index (χ4v) is 3.35. The van der Waals surface area contributed by atoms with Gasteiger partial charge in [-0.15, -0.1) is 0 Å². The number of benzene rings is 2. The Hall–Kier alpha value is -3.31. The van der Waals surface area contributed by atoms with Crippen LogP contribution < -0.4 is 14.0 Å². The summed E-state index contributed by atoms with van der Waals surface area (Å²) in [7, 11) is -6.05. The van der Waals surface area contributed by atoms with E-state index in [9.17, 15) is 31.5 Å². The second-order valence-corrected chi connectivity index (χ2v) is 8.57. The fraction of sp³-hybridized carbons (Fsp3) is 0.143. The highest BCUT2D eigenvalue weighted by atomic mass is 35.5. The van der Waals surface area contributed by atoms with E-state index in [0.29, 0.717) is 0 Å². The van der Waals surface area contributed by atoms with Gasteiger partial charge in [-0.2, -0.15) is 21.6 Å². The van der Waals surface area contributed by atoms with Gasteiger partial charge < -0.3 is 18.8 Å². The molecule has 7 nitrogen and oxygen atoms in total. The monoisotopic (exact) mass is 500 g/mol. The molecule has 3 aromatic rings. The van der Waals surface area contributed by atoms with Crippen molar-refractivity contribution < 1.29 is 40.4 Å².